The van der Waals surface area contributed by atoms with Gasteiger partial charge in [0.1, 0.15) is 6.33 Å². The second-order valence-corrected chi connectivity index (χ2v) is 5.97. The Bertz CT molecular complexity index is 741. The average molecular weight is 347 g/mol. The molecule has 0 aliphatic heterocycles. The summed E-state index contributed by atoms with van der Waals surface area (Å²) in [5.74, 6) is 0.411. The van der Waals surface area contributed by atoms with E-state index >= 15 is 0 Å². The summed E-state index contributed by atoms with van der Waals surface area (Å²) in [6.45, 7) is 4.51. The molecule has 0 saturated heterocycles. The van der Waals surface area contributed by atoms with Gasteiger partial charge in [-0.25, -0.2) is 9.50 Å². The van der Waals surface area contributed by atoms with Crippen molar-refractivity contribution in [3.63, 3.8) is 0 Å². The summed E-state index contributed by atoms with van der Waals surface area (Å²) in [4.78, 5) is 31.5. The molecule has 0 radical (unpaired) electrons. The lowest BCUT2D eigenvalue weighted by Crippen LogP contribution is -2.25. The third-order valence-electron chi connectivity index (χ3n) is 4.20. The van der Waals surface area contributed by atoms with Crippen molar-refractivity contribution >= 4 is 17.7 Å². The van der Waals surface area contributed by atoms with E-state index in [9.17, 15) is 9.59 Å². The van der Waals surface area contributed by atoms with Gasteiger partial charge in [0.15, 0.2) is 0 Å². The average Bonchev–Trinajstić information content (AvgIpc) is 3.05. The standard InChI is InChI=1S/C17H25N5O3/c1-12-14(13(2)22-17(21-12)19-11-20-22)8-9-15(23)18-10-6-4-5-7-16(24)25-3/h11H,4-10H2,1-3H3,(H,18,23). The van der Waals surface area contributed by atoms with E-state index in [4.69, 9.17) is 0 Å². The third kappa shape index (κ3) is 5.23. The van der Waals surface area contributed by atoms with Crippen LogP contribution in [0.5, 0.6) is 0 Å². The number of carbonyl (C=O) groups excluding carboxylic acids is 2. The molecule has 0 aliphatic carbocycles. The number of methoxy groups -OCH3 is 1. The molecule has 0 atom stereocenters. The fraction of sp³-hybridized carbons (Fsp3) is 0.588. The van der Waals surface area contributed by atoms with Crippen molar-refractivity contribution in [2.75, 3.05) is 13.7 Å². The molecule has 2 aromatic rings. The summed E-state index contributed by atoms with van der Waals surface area (Å²) in [5.41, 5.74) is 2.88. The Morgan fingerprint density at radius 1 is 1.20 bits per heavy atom. The van der Waals surface area contributed by atoms with Crippen LogP contribution in [-0.4, -0.2) is 45.1 Å². The monoisotopic (exact) mass is 347 g/mol. The predicted octanol–water partition coefficient (Wildman–Crippen LogP) is 1.52. The lowest BCUT2D eigenvalue weighted by molar-refractivity contribution is -0.140. The summed E-state index contributed by atoms with van der Waals surface area (Å²) in [5, 5.41) is 7.07. The lowest BCUT2D eigenvalue weighted by Gasteiger charge is -2.10. The van der Waals surface area contributed by atoms with E-state index in [1.165, 1.54) is 13.4 Å². The molecule has 2 rings (SSSR count). The van der Waals surface area contributed by atoms with Gasteiger partial charge in [-0.1, -0.05) is 6.42 Å². The number of nitrogens with zero attached hydrogens (tertiary/aromatic N) is 4. The van der Waals surface area contributed by atoms with Gasteiger partial charge in [0.25, 0.3) is 5.78 Å². The Morgan fingerprint density at radius 3 is 2.76 bits per heavy atom. The number of carbonyl (C=O) groups is 2. The van der Waals surface area contributed by atoms with Gasteiger partial charge < -0.3 is 10.1 Å². The molecule has 0 bridgehead atoms. The van der Waals surface area contributed by atoms with Crippen LogP contribution >= 0.6 is 0 Å². The number of ether oxygens (including phenoxy) is 1. The van der Waals surface area contributed by atoms with E-state index in [-0.39, 0.29) is 11.9 Å². The molecule has 1 N–H and O–H groups in total. The van der Waals surface area contributed by atoms with Gasteiger partial charge in [0, 0.05) is 30.8 Å². The minimum atomic E-state index is -0.187. The van der Waals surface area contributed by atoms with Crippen molar-refractivity contribution in [3.8, 4) is 0 Å². The van der Waals surface area contributed by atoms with E-state index < -0.39 is 0 Å². The second kappa shape index (κ2) is 9.10. The first-order valence-electron chi connectivity index (χ1n) is 8.52. The van der Waals surface area contributed by atoms with Crippen LogP contribution in [0.1, 0.15) is 49.1 Å². The largest absolute Gasteiger partial charge is 0.469 e. The van der Waals surface area contributed by atoms with Gasteiger partial charge in [-0.3, -0.25) is 9.59 Å². The van der Waals surface area contributed by atoms with Crippen LogP contribution in [-0.2, 0) is 20.7 Å². The summed E-state index contributed by atoms with van der Waals surface area (Å²) in [7, 11) is 1.39. The maximum Gasteiger partial charge on any atom is 0.305 e. The van der Waals surface area contributed by atoms with Crippen LogP contribution in [0.15, 0.2) is 6.33 Å². The normalized spacial score (nSPS) is 10.8. The molecule has 0 aliphatic rings. The summed E-state index contributed by atoms with van der Waals surface area (Å²) in [6, 6.07) is 0. The highest BCUT2D eigenvalue weighted by atomic mass is 16.5. The molecule has 0 saturated carbocycles. The highest BCUT2D eigenvalue weighted by molar-refractivity contribution is 5.76. The minimum Gasteiger partial charge on any atom is -0.469 e. The molecule has 0 spiro atoms. The van der Waals surface area contributed by atoms with Crippen molar-refractivity contribution in [2.24, 2.45) is 0 Å². The van der Waals surface area contributed by atoms with E-state index in [2.05, 4.69) is 25.1 Å². The number of fused-ring (bicyclic) bond motifs is 1. The Balaban J connectivity index is 1.72. The molecule has 25 heavy (non-hydrogen) atoms. The number of aromatic nitrogens is 4. The smallest absolute Gasteiger partial charge is 0.305 e. The first-order chi connectivity index (χ1) is 12.0. The van der Waals surface area contributed by atoms with Crippen LogP contribution < -0.4 is 5.32 Å². The van der Waals surface area contributed by atoms with Crippen molar-refractivity contribution in [2.45, 2.75) is 52.4 Å². The predicted molar refractivity (Wildman–Crippen MR) is 92.1 cm³/mol. The maximum absolute atomic E-state index is 12.0. The van der Waals surface area contributed by atoms with Gasteiger partial charge in [0.05, 0.1) is 7.11 Å². The number of rotatable bonds is 9. The number of aryl methyl sites for hydroxylation is 2. The maximum atomic E-state index is 12.0. The molecule has 8 heteroatoms. The molecule has 136 valence electrons. The van der Waals surface area contributed by atoms with E-state index in [0.29, 0.717) is 31.6 Å². The molecular weight excluding hydrogens is 322 g/mol. The Kier molecular flexibility index (Phi) is 6.85. The summed E-state index contributed by atoms with van der Waals surface area (Å²) < 4.78 is 6.28. The van der Waals surface area contributed by atoms with Crippen LogP contribution in [0.3, 0.4) is 0 Å². The van der Waals surface area contributed by atoms with Crippen molar-refractivity contribution in [1.29, 1.82) is 0 Å². The number of hydrogen-bond donors (Lipinski definition) is 1. The number of hydrogen-bond acceptors (Lipinski definition) is 6. The second-order valence-electron chi connectivity index (χ2n) is 5.97. The highest BCUT2D eigenvalue weighted by Gasteiger charge is 2.12. The van der Waals surface area contributed by atoms with Crippen LogP contribution in [0.25, 0.3) is 5.78 Å². The van der Waals surface area contributed by atoms with Gasteiger partial charge >= 0.3 is 5.97 Å². The minimum absolute atomic E-state index is 0.0189. The Morgan fingerprint density at radius 2 is 2.00 bits per heavy atom. The van der Waals surface area contributed by atoms with Crippen LogP contribution in [0.4, 0.5) is 0 Å². The molecule has 0 aromatic carbocycles. The topological polar surface area (TPSA) is 98.5 Å². The van der Waals surface area contributed by atoms with Gasteiger partial charge in [0.2, 0.25) is 5.91 Å². The molecule has 2 heterocycles. The zero-order chi connectivity index (χ0) is 18.2. The van der Waals surface area contributed by atoms with Crippen molar-refractivity contribution in [1.82, 2.24) is 24.9 Å². The Hall–Kier alpha value is -2.51. The fourth-order valence-corrected chi connectivity index (χ4v) is 2.75. The highest BCUT2D eigenvalue weighted by Crippen LogP contribution is 2.14. The number of esters is 1. The van der Waals surface area contributed by atoms with Crippen LogP contribution in [0, 0.1) is 13.8 Å². The third-order valence-corrected chi connectivity index (χ3v) is 4.20. The SMILES string of the molecule is COC(=O)CCCCCNC(=O)CCc1c(C)nc2ncnn2c1C. The zero-order valence-corrected chi connectivity index (χ0v) is 15.0. The molecular formula is C17H25N5O3. The summed E-state index contributed by atoms with van der Waals surface area (Å²) >= 11 is 0. The zero-order valence-electron chi connectivity index (χ0n) is 15.0. The number of amides is 1. The fourth-order valence-electron chi connectivity index (χ4n) is 2.75. The molecule has 0 fully saturated rings. The molecule has 0 unspecified atom stereocenters. The number of nitrogens with one attached hydrogen (secondary N) is 1. The van der Waals surface area contributed by atoms with Gasteiger partial charge in [-0.15, -0.1) is 0 Å². The first-order valence-corrected chi connectivity index (χ1v) is 8.52. The van der Waals surface area contributed by atoms with E-state index in [1.54, 1.807) is 4.52 Å². The van der Waals surface area contributed by atoms with Crippen LogP contribution in [0.2, 0.25) is 0 Å². The Labute approximate surface area is 147 Å². The van der Waals surface area contributed by atoms with Crippen molar-refractivity contribution < 1.29 is 14.3 Å². The molecule has 8 nitrogen and oxygen atoms in total. The van der Waals surface area contributed by atoms with Crippen molar-refractivity contribution in [3.05, 3.63) is 23.3 Å². The van der Waals surface area contributed by atoms with Gasteiger partial charge in [-0.05, 0) is 38.7 Å². The summed E-state index contributed by atoms with van der Waals surface area (Å²) in [6.07, 6.45) is 5.46. The first kappa shape index (κ1) is 18.8. The number of unbranched alkanes of at least 4 members (excludes halogenated alkanes) is 2. The van der Waals surface area contributed by atoms with E-state index in [0.717, 1.165) is 36.2 Å². The quantitative estimate of drug-likeness (QED) is 0.545. The van der Waals surface area contributed by atoms with E-state index in [1.807, 2.05) is 13.8 Å². The lowest BCUT2D eigenvalue weighted by atomic mass is 10.1. The molecule has 2 aromatic heterocycles. The van der Waals surface area contributed by atoms with Gasteiger partial charge in [-0.2, -0.15) is 10.1 Å². The molecule has 1 amide bonds.